The van der Waals surface area contributed by atoms with Crippen molar-refractivity contribution in [3.05, 3.63) is 0 Å². The van der Waals surface area contributed by atoms with E-state index >= 15 is 0 Å². The predicted molar refractivity (Wildman–Crippen MR) is 163 cm³/mol. The first-order chi connectivity index (χ1) is 21.2. The van der Waals surface area contributed by atoms with Gasteiger partial charge in [-0.05, 0) is 99.2 Å². The van der Waals surface area contributed by atoms with Gasteiger partial charge < -0.3 is 9.53 Å². The van der Waals surface area contributed by atoms with Crippen LogP contribution >= 0.6 is 0 Å². The minimum absolute atomic E-state index is 0. The average molecular weight is 655 g/mol. The average Bonchev–Trinajstić information content (AvgIpc) is 3.77. The van der Waals surface area contributed by atoms with Gasteiger partial charge in [0.1, 0.15) is 0 Å². The molecule has 9 aliphatic rings. The SMILES string of the molecule is O=[C-]OC1CCCC2C3NC4NC(NC5NC(NC6NC(NC(N3)C12)C1CCCCC61)C1CCCCC51)C1CCCCC41.[Co]. The number of nitrogens with one attached hydrogen (secondary N) is 8. The van der Waals surface area contributed by atoms with Gasteiger partial charge in [-0.3, -0.25) is 42.5 Å². The number of hydrogen-bond acceptors (Lipinski definition) is 10. The van der Waals surface area contributed by atoms with Gasteiger partial charge in [-0.25, -0.2) is 0 Å². The van der Waals surface area contributed by atoms with Crippen LogP contribution < -0.4 is 42.5 Å². The summed E-state index contributed by atoms with van der Waals surface area (Å²) in [4.78, 5) is 11.5. The van der Waals surface area contributed by atoms with E-state index in [1.165, 1.54) is 83.5 Å². The van der Waals surface area contributed by atoms with Crippen molar-refractivity contribution in [1.29, 1.82) is 0 Å². The molecule has 9 fully saturated rings. The van der Waals surface area contributed by atoms with E-state index in [4.69, 9.17) is 4.74 Å². The van der Waals surface area contributed by atoms with Crippen molar-refractivity contribution < 1.29 is 26.3 Å². The molecule has 10 nitrogen and oxygen atoms in total. The zero-order valence-electron chi connectivity index (χ0n) is 26.1. The molecule has 5 saturated heterocycles. The fourth-order valence-electron chi connectivity index (χ4n) is 12.2. The molecule has 0 spiro atoms. The van der Waals surface area contributed by atoms with Crippen molar-refractivity contribution in [2.24, 2.45) is 47.3 Å². The zero-order chi connectivity index (χ0) is 28.5. The Kier molecular flexibility index (Phi) is 9.10. The Morgan fingerprint density at radius 3 is 1.02 bits per heavy atom. The fraction of sp³-hybridized carbons (Fsp3) is 0.970. The van der Waals surface area contributed by atoms with E-state index < -0.39 is 0 Å². The van der Waals surface area contributed by atoms with Crippen LogP contribution in [0.15, 0.2) is 0 Å². The molecule has 17 unspecified atom stereocenters. The molecule has 5 heterocycles. The summed E-state index contributed by atoms with van der Waals surface area (Å²) in [5, 5.41) is 33.2. The number of hydrogen-bond donors (Lipinski definition) is 8. The molecular weight excluding hydrogens is 599 g/mol. The van der Waals surface area contributed by atoms with Crippen LogP contribution in [0.25, 0.3) is 0 Å². The van der Waals surface area contributed by atoms with Crippen LogP contribution in [-0.2, 0) is 26.3 Å². The quantitative estimate of drug-likeness (QED) is 0.209. The molecule has 0 aromatic carbocycles. The van der Waals surface area contributed by atoms with Gasteiger partial charge in [0.05, 0.1) is 55.4 Å². The topological polar surface area (TPSA) is 123 Å². The summed E-state index contributed by atoms with van der Waals surface area (Å²) in [6.07, 6.45) is 21.3. The van der Waals surface area contributed by atoms with Gasteiger partial charge in [0, 0.05) is 22.7 Å². The van der Waals surface area contributed by atoms with Gasteiger partial charge >= 0.3 is 0 Å². The molecule has 4 aliphatic carbocycles. The Balaban J connectivity index is 0.00000289. The number of fused-ring (bicyclic) bond motifs is 20. The van der Waals surface area contributed by atoms with Crippen molar-refractivity contribution in [1.82, 2.24) is 42.5 Å². The second kappa shape index (κ2) is 12.9. The first kappa shape index (κ1) is 31.0. The minimum atomic E-state index is -0.0795. The van der Waals surface area contributed by atoms with E-state index in [1.807, 2.05) is 6.47 Å². The van der Waals surface area contributed by atoms with Crippen LogP contribution in [0.4, 0.5) is 0 Å². The van der Waals surface area contributed by atoms with Crippen molar-refractivity contribution >= 4 is 6.47 Å². The Morgan fingerprint density at radius 1 is 0.386 bits per heavy atom. The summed E-state index contributed by atoms with van der Waals surface area (Å²) >= 11 is 0. The van der Waals surface area contributed by atoms with E-state index in [9.17, 15) is 4.79 Å². The Bertz CT molecular complexity index is 1020. The first-order valence-corrected chi connectivity index (χ1v) is 18.4. The van der Waals surface area contributed by atoms with E-state index in [1.54, 1.807) is 0 Å². The van der Waals surface area contributed by atoms with Gasteiger partial charge in [-0.2, -0.15) is 0 Å². The standard InChI is InChI=1S/C33H55N8O2.Co/c42-16-43-24-15-7-14-23-25(24)33-40-31-22-13-6-5-12-21(22)29(38-31)36-27-18-9-2-1-8-17(18)26(34-27)35-28-19-10-3-4-11-20(19)30(37-28)39-32(23)41-33;/h17-41H,1-15H2;/q-1;. The van der Waals surface area contributed by atoms with Crippen molar-refractivity contribution in [2.75, 3.05) is 0 Å². The smallest absolute Gasteiger partial charge is 0.0663 e. The molecule has 9 rings (SSSR count). The van der Waals surface area contributed by atoms with Crippen LogP contribution in [0.3, 0.4) is 0 Å². The summed E-state index contributed by atoms with van der Waals surface area (Å²) in [6.45, 7) is 1.84. The summed E-state index contributed by atoms with van der Waals surface area (Å²) in [6, 6.07) is 0. The van der Waals surface area contributed by atoms with Gasteiger partial charge in [0.2, 0.25) is 0 Å². The molecule has 1 radical (unpaired) electrons. The van der Waals surface area contributed by atoms with E-state index in [0.717, 1.165) is 12.8 Å². The summed E-state index contributed by atoms with van der Waals surface area (Å²) in [7, 11) is 0. The van der Waals surface area contributed by atoms with E-state index in [2.05, 4.69) is 42.5 Å². The molecule has 4 saturated carbocycles. The second-order valence-electron chi connectivity index (χ2n) is 15.9. The monoisotopic (exact) mass is 654 g/mol. The van der Waals surface area contributed by atoms with Crippen molar-refractivity contribution in [3.8, 4) is 0 Å². The molecule has 11 heteroatoms. The molecule has 0 aromatic rings. The van der Waals surface area contributed by atoms with Crippen LogP contribution in [0.1, 0.15) is 96.3 Å². The first-order valence-electron chi connectivity index (χ1n) is 18.4. The molecular formula is C33H55CoN8O2-. The maximum absolute atomic E-state index is 11.5. The largest absolute Gasteiger partial charge is 0.650 e. The fourth-order valence-corrected chi connectivity index (χ4v) is 12.2. The van der Waals surface area contributed by atoms with Gasteiger partial charge in [0.25, 0.3) is 0 Å². The van der Waals surface area contributed by atoms with Crippen LogP contribution in [0.2, 0.25) is 0 Å². The summed E-state index contributed by atoms with van der Waals surface area (Å²) in [5.74, 6) is 4.63. The van der Waals surface area contributed by atoms with Crippen LogP contribution in [0, 0.1) is 47.3 Å². The Morgan fingerprint density at radius 2 is 0.682 bits per heavy atom. The van der Waals surface area contributed by atoms with E-state index in [0.29, 0.717) is 72.3 Å². The zero-order valence-corrected chi connectivity index (χ0v) is 27.1. The molecule has 17 atom stereocenters. The maximum Gasteiger partial charge on any atom is 0.0663 e. The molecule has 249 valence electrons. The number of rotatable bonds is 2. The minimum Gasteiger partial charge on any atom is -0.650 e. The molecule has 0 aromatic heterocycles. The Hall–Kier alpha value is -0.344. The van der Waals surface area contributed by atoms with Crippen LogP contribution in [0.5, 0.6) is 0 Å². The molecule has 8 bridgehead atoms. The van der Waals surface area contributed by atoms with Crippen molar-refractivity contribution in [2.45, 2.75) is 152 Å². The predicted octanol–water partition coefficient (Wildman–Crippen LogP) is 1.67. The van der Waals surface area contributed by atoms with Crippen molar-refractivity contribution in [3.63, 3.8) is 0 Å². The normalized spacial score (nSPS) is 54.7. The summed E-state index contributed by atoms with van der Waals surface area (Å²) < 4.78 is 5.71. The third-order valence-corrected chi connectivity index (χ3v) is 14.0. The molecule has 0 amide bonds. The number of ether oxygens (including phenoxy) is 1. The third kappa shape index (κ3) is 5.33. The third-order valence-electron chi connectivity index (χ3n) is 14.0. The Labute approximate surface area is 273 Å². The van der Waals surface area contributed by atoms with Gasteiger partial charge in [-0.15, -0.1) is 0 Å². The summed E-state index contributed by atoms with van der Waals surface area (Å²) in [5.41, 5.74) is 0. The molecule has 8 N–H and O–H groups in total. The molecule has 5 aliphatic heterocycles. The molecule has 44 heavy (non-hydrogen) atoms. The van der Waals surface area contributed by atoms with E-state index in [-0.39, 0.29) is 47.3 Å². The number of carbonyl (C=O) groups excluding carboxylic acids is 1. The second-order valence-corrected chi connectivity index (χ2v) is 15.9. The van der Waals surface area contributed by atoms with Gasteiger partial charge in [-0.1, -0.05) is 45.0 Å². The van der Waals surface area contributed by atoms with Crippen LogP contribution in [-0.4, -0.2) is 61.9 Å². The maximum atomic E-state index is 11.5. The van der Waals surface area contributed by atoms with Gasteiger partial charge in [0.15, 0.2) is 0 Å².